The summed E-state index contributed by atoms with van der Waals surface area (Å²) in [5.41, 5.74) is 6.27. The van der Waals surface area contributed by atoms with E-state index in [-0.39, 0.29) is 0 Å². The summed E-state index contributed by atoms with van der Waals surface area (Å²) >= 11 is 0. The van der Waals surface area contributed by atoms with Crippen molar-refractivity contribution in [1.82, 2.24) is 4.90 Å². The molecule has 4 nitrogen and oxygen atoms in total. The van der Waals surface area contributed by atoms with Crippen molar-refractivity contribution < 1.29 is 9.53 Å². The zero-order valence-corrected chi connectivity index (χ0v) is 12.4. The van der Waals surface area contributed by atoms with E-state index >= 15 is 0 Å². The number of benzene rings is 1. The molecule has 0 aromatic heterocycles. The average molecular weight is 278 g/mol. The molecule has 0 atom stereocenters. The molecule has 0 aliphatic heterocycles. The normalized spacial score (nSPS) is 10.7. The van der Waals surface area contributed by atoms with Crippen LogP contribution in [0.25, 0.3) is 0 Å². The molecule has 0 saturated heterocycles. The minimum atomic E-state index is -0.698. The minimum Gasteiger partial charge on any atom is -0.448 e. The molecule has 1 aromatic rings. The molecule has 1 aromatic carbocycles. The van der Waals surface area contributed by atoms with E-state index in [0.29, 0.717) is 6.61 Å². The molecule has 0 fully saturated rings. The lowest BCUT2D eigenvalue weighted by atomic mass is 10.1. The molecule has 1 amide bonds. The fourth-order valence-electron chi connectivity index (χ4n) is 2.15. The minimum absolute atomic E-state index is 0.357. The van der Waals surface area contributed by atoms with Crippen LogP contribution in [0.5, 0.6) is 0 Å². The topological polar surface area (TPSA) is 55.6 Å². The summed E-state index contributed by atoms with van der Waals surface area (Å²) in [6, 6.07) is 10.3. The van der Waals surface area contributed by atoms with Crippen LogP contribution in [0, 0.1) is 0 Å². The van der Waals surface area contributed by atoms with Gasteiger partial charge in [0.1, 0.15) is 6.61 Å². The molecule has 0 bridgehead atoms. The first-order valence-electron chi connectivity index (χ1n) is 7.41. The fraction of sp³-hybridized carbons (Fsp3) is 0.562. The van der Waals surface area contributed by atoms with Crippen LogP contribution in [0.1, 0.15) is 38.2 Å². The van der Waals surface area contributed by atoms with E-state index in [9.17, 15) is 4.79 Å². The van der Waals surface area contributed by atoms with Crippen LogP contribution >= 0.6 is 0 Å². The summed E-state index contributed by atoms with van der Waals surface area (Å²) < 4.78 is 4.83. The van der Waals surface area contributed by atoms with Crippen molar-refractivity contribution >= 4 is 6.09 Å². The number of rotatable bonds is 10. The van der Waals surface area contributed by atoms with Gasteiger partial charge in [-0.15, -0.1) is 0 Å². The average Bonchev–Trinajstić information content (AvgIpc) is 2.44. The van der Waals surface area contributed by atoms with Crippen LogP contribution in [0.3, 0.4) is 0 Å². The second-order valence-electron chi connectivity index (χ2n) is 4.99. The van der Waals surface area contributed by atoms with Gasteiger partial charge in [0.25, 0.3) is 0 Å². The highest BCUT2D eigenvalue weighted by molar-refractivity contribution is 5.64. The van der Waals surface area contributed by atoms with E-state index < -0.39 is 6.09 Å². The van der Waals surface area contributed by atoms with Crippen LogP contribution < -0.4 is 5.73 Å². The Kier molecular flexibility index (Phi) is 8.47. The summed E-state index contributed by atoms with van der Waals surface area (Å²) in [6.07, 6.45) is 4.24. The van der Waals surface area contributed by atoms with Gasteiger partial charge < -0.3 is 10.5 Å². The van der Waals surface area contributed by atoms with Crippen molar-refractivity contribution in [2.24, 2.45) is 5.73 Å². The number of ether oxygens (including phenoxy) is 1. The molecule has 0 unspecified atom stereocenters. The number of amides is 1. The smallest absolute Gasteiger partial charge is 0.404 e. The second-order valence-corrected chi connectivity index (χ2v) is 4.99. The van der Waals surface area contributed by atoms with Crippen molar-refractivity contribution in [2.75, 3.05) is 19.7 Å². The molecular weight excluding hydrogens is 252 g/mol. The number of primary amides is 1. The Morgan fingerprint density at radius 1 is 1.15 bits per heavy atom. The lowest BCUT2D eigenvalue weighted by Gasteiger charge is -2.22. The van der Waals surface area contributed by atoms with Crippen molar-refractivity contribution in [1.29, 1.82) is 0 Å². The number of unbranched alkanes of at least 4 members (excludes halogenated alkanes) is 3. The maximum atomic E-state index is 10.6. The molecule has 1 rings (SSSR count). The molecule has 0 radical (unpaired) electrons. The maximum Gasteiger partial charge on any atom is 0.404 e. The van der Waals surface area contributed by atoms with Gasteiger partial charge in [-0.2, -0.15) is 0 Å². The zero-order chi connectivity index (χ0) is 14.6. The molecule has 112 valence electrons. The van der Waals surface area contributed by atoms with Gasteiger partial charge in [0, 0.05) is 13.1 Å². The molecule has 2 N–H and O–H groups in total. The molecule has 0 spiro atoms. The standard InChI is InChI=1S/C16H26N2O2/c1-2-3-4-8-11-18(12-13-20-16(17)19)14-15-9-6-5-7-10-15/h5-7,9-10H,2-4,8,11-14H2,1H3,(H2,17,19). The van der Waals surface area contributed by atoms with E-state index in [2.05, 4.69) is 24.0 Å². The first-order chi connectivity index (χ1) is 9.72. The number of nitrogens with two attached hydrogens (primary N) is 1. The lowest BCUT2D eigenvalue weighted by Crippen LogP contribution is -2.30. The van der Waals surface area contributed by atoms with Gasteiger partial charge in [-0.05, 0) is 18.5 Å². The largest absolute Gasteiger partial charge is 0.448 e. The maximum absolute atomic E-state index is 10.6. The third-order valence-corrected chi connectivity index (χ3v) is 3.23. The highest BCUT2D eigenvalue weighted by atomic mass is 16.5. The Morgan fingerprint density at radius 3 is 2.55 bits per heavy atom. The first kappa shape index (κ1) is 16.5. The van der Waals surface area contributed by atoms with E-state index in [1.54, 1.807) is 0 Å². The zero-order valence-electron chi connectivity index (χ0n) is 12.4. The monoisotopic (exact) mass is 278 g/mol. The molecular formula is C16H26N2O2. The van der Waals surface area contributed by atoms with Crippen molar-refractivity contribution in [3.8, 4) is 0 Å². The third-order valence-electron chi connectivity index (χ3n) is 3.23. The molecule has 0 heterocycles. The van der Waals surface area contributed by atoms with Crippen molar-refractivity contribution in [3.63, 3.8) is 0 Å². The van der Waals surface area contributed by atoms with E-state index in [4.69, 9.17) is 10.5 Å². The summed E-state index contributed by atoms with van der Waals surface area (Å²) in [6.45, 7) is 5.20. The third kappa shape index (κ3) is 7.79. The van der Waals surface area contributed by atoms with Gasteiger partial charge in [0.05, 0.1) is 0 Å². The van der Waals surface area contributed by atoms with E-state index in [1.165, 1.54) is 31.2 Å². The Labute approximate surface area is 121 Å². The molecule has 0 saturated carbocycles. The Balaban J connectivity index is 2.39. The SMILES string of the molecule is CCCCCCN(CCOC(N)=O)Cc1ccccc1. The Hall–Kier alpha value is -1.55. The molecule has 0 aliphatic carbocycles. The van der Waals surface area contributed by atoms with Crippen LogP contribution in [-0.4, -0.2) is 30.7 Å². The van der Waals surface area contributed by atoms with E-state index in [1.807, 2.05) is 18.2 Å². The van der Waals surface area contributed by atoms with Gasteiger partial charge >= 0.3 is 6.09 Å². The highest BCUT2D eigenvalue weighted by Crippen LogP contribution is 2.07. The van der Waals surface area contributed by atoms with Gasteiger partial charge in [-0.1, -0.05) is 56.5 Å². The quantitative estimate of drug-likeness (QED) is 0.669. The number of hydrogen-bond donors (Lipinski definition) is 1. The Morgan fingerprint density at radius 2 is 1.90 bits per heavy atom. The predicted molar refractivity (Wildman–Crippen MR) is 81.4 cm³/mol. The number of carbonyl (C=O) groups is 1. The lowest BCUT2D eigenvalue weighted by molar-refractivity contribution is 0.132. The molecule has 20 heavy (non-hydrogen) atoms. The summed E-state index contributed by atoms with van der Waals surface area (Å²) in [5.74, 6) is 0. The Bertz CT molecular complexity index is 368. The van der Waals surface area contributed by atoms with Gasteiger partial charge in [-0.25, -0.2) is 4.79 Å². The second kappa shape index (κ2) is 10.3. The van der Waals surface area contributed by atoms with Crippen LogP contribution in [0.4, 0.5) is 4.79 Å². The van der Waals surface area contributed by atoms with Crippen LogP contribution in [0.15, 0.2) is 30.3 Å². The van der Waals surface area contributed by atoms with Crippen molar-refractivity contribution in [3.05, 3.63) is 35.9 Å². The van der Waals surface area contributed by atoms with E-state index in [0.717, 1.165) is 19.6 Å². The summed E-state index contributed by atoms with van der Waals surface area (Å²) in [7, 11) is 0. The van der Waals surface area contributed by atoms with Crippen molar-refractivity contribution in [2.45, 2.75) is 39.2 Å². The number of nitrogens with zero attached hydrogens (tertiary/aromatic N) is 1. The van der Waals surface area contributed by atoms with Crippen LogP contribution in [-0.2, 0) is 11.3 Å². The van der Waals surface area contributed by atoms with Gasteiger partial charge in [0.15, 0.2) is 0 Å². The first-order valence-corrected chi connectivity index (χ1v) is 7.41. The van der Waals surface area contributed by atoms with Gasteiger partial charge in [0.2, 0.25) is 0 Å². The predicted octanol–water partition coefficient (Wildman–Crippen LogP) is 3.16. The summed E-state index contributed by atoms with van der Waals surface area (Å²) in [5, 5.41) is 0. The number of carbonyl (C=O) groups excluding carboxylic acids is 1. The van der Waals surface area contributed by atoms with Gasteiger partial charge in [-0.3, -0.25) is 4.90 Å². The molecule has 0 aliphatic rings. The summed E-state index contributed by atoms with van der Waals surface area (Å²) in [4.78, 5) is 12.9. The molecule has 4 heteroatoms. The number of hydrogen-bond acceptors (Lipinski definition) is 3. The highest BCUT2D eigenvalue weighted by Gasteiger charge is 2.06. The van der Waals surface area contributed by atoms with Crippen LogP contribution in [0.2, 0.25) is 0 Å². The fourth-order valence-corrected chi connectivity index (χ4v) is 2.15.